The van der Waals surface area contributed by atoms with E-state index in [9.17, 15) is 12.8 Å². The zero-order valence-corrected chi connectivity index (χ0v) is 8.33. The molecule has 78 valence electrons. The second-order valence-electron chi connectivity index (χ2n) is 3.13. The van der Waals surface area contributed by atoms with Crippen LogP contribution in [0.25, 0.3) is 10.8 Å². The minimum atomic E-state index is -4.20. The van der Waals surface area contributed by atoms with Gasteiger partial charge in [-0.2, -0.15) is 8.42 Å². The Hall–Kier alpha value is -1.46. The van der Waals surface area contributed by atoms with Crippen LogP contribution in [0.15, 0.2) is 41.3 Å². The third kappa shape index (κ3) is 1.98. The third-order valence-electron chi connectivity index (χ3n) is 2.07. The maximum absolute atomic E-state index is 12.8. The summed E-state index contributed by atoms with van der Waals surface area (Å²) in [5.41, 5.74) is 0. The molecule has 0 amide bonds. The Balaban J connectivity index is 2.73. The molecular formula is C10H7FO3S. The van der Waals surface area contributed by atoms with E-state index in [1.165, 1.54) is 36.4 Å². The SMILES string of the molecule is O=S(=O)(O)c1ccc2cc(F)ccc2c1. The highest BCUT2D eigenvalue weighted by Gasteiger charge is 2.09. The molecule has 1 N–H and O–H groups in total. The van der Waals surface area contributed by atoms with Gasteiger partial charge in [0.15, 0.2) is 0 Å². The summed E-state index contributed by atoms with van der Waals surface area (Å²) in [4.78, 5) is -0.193. The summed E-state index contributed by atoms with van der Waals surface area (Å²) in [5.74, 6) is -0.387. The molecule has 0 bridgehead atoms. The molecule has 3 nitrogen and oxygen atoms in total. The summed E-state index contributed by atoms with van der Waals surface area (Å²) in [6.45, 7) is 0. The van der Waals surface area contributed by atoms with Crippen LogP contribution >= 0.6 is 0 Å². The van der Waals surface area contributed by atoms with Gasteiger partial charge < -0.3 is 0 Å². The number of hydrogen-bond acceptors (Lipinski definition) is 2. The van der Waals surface area contributed by atoms with Crippen LogP contribution in [-0.2, 0) is 10.1 Å². The molecule has 2 rings (SSSR count). The maximum Gasteiger partial charge on any atom is 0.294 e. The molecule has 5 heteroatoms. The lowest BCUT2D eigenvalue weighted by atomic mass is 10.1. The van der Waals surface area contributed by atoms with E-state index in [-0.39, 0.29) is 10.7 Å². The maximum atomic E-state index is 12.8. The van der Waals surface area contributed by atoms with Gasteiger partial charge >= 0.3 is 0 Å². The van der Waals surface area contributed by atoms with E-state index >= 15 is 0 Å². The largest absolute Gasteiger partial charge is 0.294 e. The normalized spacial score (nSPS) is 11.9. The van der Waals surface area contributed by atoms with Crippen molar-refractivity contribution in [2.75, 3.05) is 0 Å². The van der Waals surface area contributed by atoms with Crippen molar-refractivity contribution < 1.29 is 17.4 Å². The van der Waals surface area contributed by atoms with Crippen molar-refractivity contribution in [3.05, 3.63) is 42.2 Å². The van der Waals surface area contributed by atoms with Gasteiger partial charge in [-0.3, -0.25) is 4.55 Å². The molecule has 0 fully saturated rings. The van der Waals surface area contributed by atoms with Crippen molar-refractivity contribution in [3.63, 3.8) is 0 Å². The Morgan fingerprint density at radius 3 is 2.27 bits per heavy atom. The number of hydrogen-bond donors (Lipinski definition) is 1. The standard InChI is InChI=1S/C10H7FO3S/c11-9-3-1-8-6-10(15(12,13)14)4-2-7(8)5-9/h1-6H,(H,12,13,14). The molecule has 0 saturated heterocycles. The van der Waals surface area contributed by atoms with Gasteiger partial charge in [-0.15, -0.1) is 0 Å². The fraction of sp³-hybridized carbons (Fsp3) is 0. The van der Waals surface area contributed by atoms with Crippen LogP contribution < -0.4 is 0 Å². The highest BCUT2D eigenvalue weighted by Crippen LogP contribution is 2.19. The van der Waals surface area contributed by atoms with Crippen LogP contribution in [0.3, 0.4) is 0 Å². The van der Waals surface area contributed by atoms with Gasteiger partial charge in [0.05, 0.1) is 4.90 Å². The topological polar surface area (TPSA) is 54.4 Å². The van der Waals surface area contributed by atoms with Crippen molar-refractivity contribution in [1.82, 2.24) is 0 Å². The molecule has 2 aromatic rings. The van der Waals surface area contributed by atoms with E-state index in [0.717, 1.165) is 0 Å². The summed E-state index contributed by atoms with van der Waals surface area (Å²) in [6.07, 6.45) is 0. The molecule has 0 spiro atoms. The van der Waals surface area contributed by atoms with E-state index in [1.807, 2.05) is 0 Å². The lowest BCUT2D eigenvalue weighted by Gasteiger charge is -2.00. The number of benzene rings is 2. The van der Waals surface area contributed by atoms with Crippen LogP contribution in [0.1, 0.15) is 0 Å². The van der Waals surface area contributed by atoms with E-state index in [4.69, 9.17) is 4.55 Å². The zero-order valence-electron chi connectivity index (χ0n) is 7.51. The monoisotopic (exact) mass is 226 g/mol. The summed E-state index contributed by atoms with van der Waals surface area (Å²) in [5, 5.41) is 1.15. The van der Waals surface area contributed by atoms with Crippen LogP contribution in [0.2, 0.25) is 0 Å². The lowest BCUT2D eigenvalue weighted by Crippen LogP contribution is -1.97. The molecule has 0 aliphatic carbocycles. The summed E-state index contributed by atoms with van der Waals surface area (Å²) in [6, 6.07) is 7.96. The average Bonchev–Trinajstić information content (AvgIpc) is 2.15. The van der Waals surface area contributed by atoms with E-state index < -0.39 is 10.1 Å². The second-order valence-corrected chi connectivity index (χ2v) is 4.55. The Labute approximate surface area is 85.9 Å². The van der Waals surface area contributed by atoms with E-state index in [2.05, 4.69) is 0 Å². The second kappa shape index (κ2) is 3.29. The molecule has 0 heterocycles. The summed E-state index contributed by atoms with van der Waals surface area (Å²) < 4.78 is 43.3. The number of halogens is 1. The van der Waals surface area contributed by atoms with Gasteiger partial charge in [0, 0.05) is 0 Å². The van der Waals surface area contributed by atoms with Gasteiger partial charge in [0.2, 0.25) is 0 Å². The molecule has 0 aliphatic heterocycles. The fourth-order valence-corrected chi connectivity index (χ4v) is 1.87. The van der Waals surface area contributed by atoms with Gasteiger partial charge in [-0.25, -0.2) is 4.39 Å². The van der Waals surface area contributed by atoms with Gasteiger partial charge in [0.25, 0.3) is 10.1 Å². The van der Waals surface area contributed by atoms with Crippen molar-refractivity contribution in [3.8, 4) is 0 Å². The molecule has 0 saturated carbocycles. The van der Waals surface area contributed by atoms with Crippen molar-refractivity contribution in [1.29, 1.82) is 0 Å². The van der Waals surface area contributed by atoms with Gasteiger partial charge in [-0.05, 0) is 35.0 Å². The third-order valence-corrected chi connectivity index (χ3v) is 2.92. The van der Waals surface area contributed by atoms with Crippen molar-refractivity contribution >= 4 is 20.9 Å². The van der Waals surface area contributed by atoms with E-state index in [0.29, 0.717) is 10.8 Å². The van der Waals surface area contributed by atoms with Gasteiger partial charge in [-0.1, -0.05) is 12.1 Å². The molecule has 2 aromatic carbocycles. The van der Waals surface area contributed by atoms with Crippen molar-refractivity contribution in [2.45, 2.75) is 4.90 Å². The van der Waals surface area contributed by atoms with Gasteiger partial charge in [0.1, 0.15) is 5.82 Å². The minimum absolute atomic E-state index is 0.193. The minimum Gasteiger partial charge on any atom is -0.282 e. The molecule has 0 unspecified atom stereocenters. The Bertz CT molecular complexity index is 620. The van der Waals surface area contributed by atoms with Crippen molar-refractivity contribution in [2.24, 2.45) is 0 Å². The fourth-order valence-electron chi connectivity index (χ4n) is 1.36. The lowest BCUT2D eigenvalue weighted by molar-refractivity contribution is 0.483. The predicted octanol–water partition coefficient (Wildman–Crippen LogP) is 2.23. The molecule has 15 heavy (non-hydrogen) atoms. The molecule has 0 radical (unpaired) electrons. The summed E-state index contributed by atoms with van der Waals surface area (Å²) in [7, 11) is -4.20. The first kappa shape index (κ1) is 10.1. The van der Waals surface area contributed by atoms with Crippen LogP contribution in [-0.4, -0.2) is 13.0 Å². The van der Waals surface area contributed by atoms with E-state index in [1.54, 1.807) is 0 Å². The first-order valence-corrected chi connectivity index (χ1v) is 5.58. The quantitative estimate of drug-likeness (QED) is 0.758. The van der Waals surface area contributed by atoms with Crippen LogP contribution in [0.4, 0.5) is 4.39 Å². The average molecular weight is 226 g/mol. The number of fused-ring (bicyclic) bond motifs is 1. The highest BCUT2D eigenvalue weighted by molar-refractivity contribution is 7.85. The Morgan fingerprint density at radius 2 is 1.60 bits per heavy atom. The highest BCUT2D eigenvalue weighted by atomic mass is 32.2. The number of rotatable bonds is 1. The first-order chi connectivity index (χ1) is 6.97. The molecule has 0 aromatic heterocycles. The molecular weight excluding hydrogens is 219 g/mol. The van der Waals surface area contributed by atoms with Crippen LogP contribution in [0.5, 0.6) is 0 Å². The smallest absolute Gasteiger partial charge is 0.282 e. The molecule has 0 aliphatic rings. The van der Waals surface area contributed by atoms with Crippen LogP contribution in [0, 0.1) is 5.82 Å². The Morgan fingerprint density at radius 1 is 1.00 bits per heavy atom. The zero-order chi connectivity index (χ0) is 11.1. The molecule has 0 atom stereocenters. The summed E-state index contributed by atoms with van der Waals surface area (Å²) >= 11 is 0. The predicted molar refractivity (Wildman–Crippen MR) is 53.7 cm³/mol. The first-order valence-electron chi connectivity index (χ1n) is 4.14. The Kier molecular flexibility index (Phi) is 2.21.